The zero-order chi connectivity index (χ0) is 15.6. The van der Waals surface area contributed by atoms with E-state index in [4.69, 9.17) is 15.2 Å². The first kappa shape index (κ1) is 16.2. The molecule has 22 heavy (non-hydrogen) atoms. The van der Waals surface area contributed by atoms with Crippen molar-refractivity contribution >= 4 is 5.91 Å². The zero-order valence-corrected chi connectivity index (χ0v) is 12.5. The number of rotatable bonds is 9. The van der Waals surface area contributed by atoms with Gasteiger partial charge in [-0.3, -0.25) is 4.79 Å². The Kier molecular flexibility index (Phi) is 6.61. The van der Waals surface area contributed by atoms with E-state index in [0.29, 0.717) is 19.8 Å². The van der Waals surface area contributed by atoms with Gasteiger partial charge in [0, 0.05) is 0 Å². The molecule has 0 fully saturated rings. The van der Waals surface area contributed by atoms with Gasteiger partial charge in [-0.1, -0.05) is 60.7 Å². The summed E-state index contributed by atoms with van der Waals surface area (Å²) >= 11 is 0. The van der Waals surface area contributed by atoms with Crippen LogP contribution in [0.5, 0.6) is 0 Å². The van der Waals surface area contributed by atoms with Crippen molar-refractivity contribution in [3.63, 3.8) is 0 Å². The summed E-state index contributed by atoms with van der Waals surface area (Å²) in [5.41, 5.74) is 7.41. The highest BCUT2D eigenvalue weighted by Crippen LogP contribution is 2.08. The third-order valence-corrected chi connectivity index (χ3v) is 3.17. The number of hydrogen-bond donors (Lipinski definition) is 1. The molecule has 1 amide bonds. The van der Waals surface area contributed by atoms with Crippen LogP contribution in [0.2, 0.25) is 0 Å². The highest BCUT2D eigenvalue weighted by atomic mass is 16.5. The molecule has 2 N–H and O–H groups in total. The SMILES string of the molecule is NC(=O)CC(COCc1ccccc1)OCc1ccccc1. The van der Waals surface area contributed by atoms with Crippen LogP contribution in [-0.4, -0.2) is 18.6 Å². The first-order valence-corrected chi connectivity index (χ1v) is 7.29. The normalized spacial score (nSPS) is 12.0. The van der Waals surface area contributed by atoms with Crippen LogP contribution in [0, 0.1) is 0 Å². The maximum Gasteiger partial charge on any atom is 0.220 e. The van der Waals surface area contributed by atoms with Crippen LogP contribution in [0.4, 0.5) is 0 Å². The molecule has 0 spiro atoms. The summed E-state index contributed by atoms with van der Waals surface area (Å²) in [6.07, 6.45) is -0.178. The second-order valence-corrected chi connectivity index (χ2v) is 5.09. The number of carbonyl (C=O) groups excluding carboxylic acids is 1. The fourth-order valence-corrected chi connectivity index (χ4v) is 2.06. The Hall–Kier alpha value is -2.17. The fourth-order valence-electron chi connectivity index (χ4n) is 2.06. The second-order valence-electron chi connectivity index (χ2n) is 5.09. The molecule has 116 valence electrons. The molecule has 2 rings (SSSR count). The lowest BCUT2D eigenvalue weighted by atomic mass is 10.2. The van der Waals surface area contributed by atoms with E-state index in [1.165, 1.54) is 0 Å². The summed E-state index contributed by atoms with van der Waals surface area (Å²) in [6.45, 7) is 1.27. The standard InChI is InChI=1S/C18H21NO3/c19-18(20)11-17(22-13-16-9-5-2-6-10-16)14-21-12-15-7-3-1-4-8-15/h1-10,17H,11-14H2,(H2,19,20). The van der Waals surface area contributed by atoms with E-state index in [1.807, 2.05) is 60.7 Å². The molecule has 4 nitrogen and oxygen atoms in total. The number of carbonyl (C=O) groups is 1. The lowest BCUT2D eigenvalue weighted by Crippen LogP contribution is -2.27. The van der Waals surface area contributed by atoms with E-state index in [-0.39, 0.29) is 18.4 Å². The summed E-state index contributed by atoms with van der Waals surface area (Å²) in [7, 11) is 0. The lowest BCUT2D eigenvalue weighted by Gasteiger charge is -2.17. The van der Waals surface area contributed by atoms with Crippen LogP contribution in [0.3, 0.4) is 0 Å². The van der Waals surface area contributed by atoms with Gasteiger partial charge < -0.3 is 15.2 Å². The topological polar surface area (TPSA) is 61.6 Å². The third-order valence-electron chi connectivity index (χ3n) is 3.17. The Bertz CT molecular complexity index is 557. The Morgan fingerprint density at radius 2 is 1.45 bits per heavy atom. The molecule has 0 aliphatic heterocycles. The predicted octanol–water partition coefficient (Wildman–Crippen LogP) is 2.66. The van der Waals surface area contributed by atoms with E-state index in [2.05, 4.69) is 0 Å². The number of hydrogen-bond acceptors (Lipinski definition) is 3. The van der Waals surface area contributed by atoms with E-state index < -0.39 is 0 Å². The first-order valence-electron chi connectivity index (χ1n) is 7.29. The smallest absolute Gasteiger partial charge is 0.220 e. The molecule has 0 radical (unpaired) electrons. The van der Waals surface area contributed by atoms with Gasteiger partial charge in [0.05, 0.1) is 32.3 Å². The molecule has 2 aromatic rings. The van der Waals surface area contributed by atoms with Gasteiger partial charge in [0.25, 0.3) is 0 Å². The maximum absolute atomic E-state index is 11.1. The second kappa shape index (κ2) is 8.97. The van der Waals surface area contributed by atoms with Gasteiger partial charge in [0.15, 0.2) is 0 Å². The van der Waals surface area contributed by atoms with Gasteiger partial charge in [-0.25, -0.2) is 0 Å². The van der Waals surface area contributed by atoms with E-state index in [1.54, 1.807) is 0 Å². The van der Waals surface area contributed by atoms with Crippen molar-refractivity contribution in [2.45, 2.75) is 25.7 Å². The highest BCUT2D eigenvalue weighted by molar-refractivity contribution is 5.74. The molecule has 0 aliphatic rings. The molecule has 0 aliphatic carbocycles. The van der Waals surface area contributed by atoms with Crippen LogP contribution in [0.15, 0.2) is 60.7 Å². The molecule has 0 heterocycles. The Balaban J connectivity index is 1.79. The monoisotopic (exact) mass is 299 g/mol. The zero-order valence-electron chi connectivity index (χ0n) is 12.5. The molecule has 4 heteroatoms. The van der Waals surface area contributed by atoms with Crippen molar-refractivity contribution in [3.05, 3.63) is 71.8 Å². The van der Waals surface area contributed by atoms with Crippen LogP contribution in [0.25, 0.3) is 0 Å². The number of primary amides is 1. The van der Waals surface area contributed by atoms with Crippen LogP contribution >= 0.6 is 0 Å². The van der Waals surface area contributed by atoms with Crippen LogP contribution in [0.1, 0.15) is 17.5 Å². The molecule has 0 bridgehead atoms. The summed E-state index contributed by atoms with van der Waals surface area (Å²) in [5, 5.41) is 0. The average Bonchev–Trinajstić information content (AvgIpc) is 2.54. The van der Waals surface area contributed by atoms with E-state index in [9.17, 15) is 4.79 Å². The van der Waals surface area contributed by atoms with E-state index >= 15 is 0 Å². The minimum absolute atomic E-state index is 0.154. The predicted molar refractivity (Wildman–Crippen MR) is 84.9 cm³/mol. The molecule has 1 unspecified atom stereocenters. The van der Waals surface area contributed by atoms with Crippen molar-refractivity contribution in [1.29, 1.82) is 0 Å². The summed E-state index contributed by atoms with van der Waals surface area (Å²) in [6, 6.07) is 19.7. The average molecular weight is 299 g/mol. The van der Waals surface area contributed by atoms with Gasteiger partial charge in [-0.15, -0.1) is 0 Å². The number of benzene rings is 2. The molecule has 0 saturated carbocycles. The van der Waals surface area contributed by atoms with Gasteiger partial charge in [0.1, 0.15) is 0 Å². The molecule has 0 saturated heterocycles. The van der Waals surface area contributed by atoms with Gasteiger partial charge in [0.2, 0.25) is 5.91 Å². The molecule has 2 aromatic carbocycles. The Labute approximate surface area is 130 Å². The first-order chi connectivity index (χ1) is 10.7. The maximum atomic E-state index is 11.1. The highest BCUT2D eigenvalue weighted by Gasteiger charge is 2.13. The van der Waals surface area contributed by atoms with Crippen LogP contribution in [-0.2, 0) is 27.5 Å². The van der Waals surface area contributed by atoms with Crippen molar-refractivity contribution < 1.29 is 14.3 Å². The van der Waals surface area contributed by atoms with E-state index in [0.717, 1.165) is 11.1 Å². The molecule has 1 atom stereocenters. The Morgan fingerprint density at radius 1 is 0.909 bits per heavy atom. The number of ether oxygens (including phenoxy) is 2. The van der Waals surface area contributed by atoms with Crippen molar-refractivity contribution in [2.75, 3.05) is 6.61 Å². The molecular formula is C18H21NO3. The summed E-state index contributed by atoms with van der Waals surface area (Å²) < 4.78 is 11.4. The van der Waals surface area contributed by atoms with Gasteiger partial charge in [-0.05, 0) is 11.1 Å². The number of amides is 1. The van der Waals surface area contributed by atoms with Crippen molar-refractivity contribution in [3.8, 4) is 0 Å². The Morgan fingerprint density at radius 3 is 2.00 bits per heavy atom. The third kappa shape index (κ3) is 6.08. The van der Waals surface area contributed by atoms with Crippen molar-refractivity contribution in [1.82, 2.24) is 0 Å². The fraction of sp³-hybridized carbons (Fsp3) is 0.278. The summed E-state index contributed by atoms with van der Waals surface area (Å²) in [4.78, 5) is 11.1. The molecule has 0 aromatic heterocycles. The number of nitrogens with two attached hydrogens (primary N) is 1. The largest absolute Gasteiger partial charge is 0.374 e. The summed E-state index contributed by atoms with van der Waals surface area (Å²) in [5.74, 6) is -0.388. The molecular weight excluding hydrogens is 278 g/mol. The lowest BCUT2D eigenvalue weighted by molar-refractivity contribution is -0.123. The van der Waals surface area contributed by atoms with Crippen LogP contribution < -0.4 is 5.73 Å². The van der Waals surface area contributed by atoms with Gasteiger partial charge in [-0.2, -0.15) is 0 Å². The minimum Gasteiger partial charge on any atom is -0.374 e. The van der Waals surface area contributed by atoms with Crippen molar-refractivity contribution in [2.24, 2.45) is 5.73 Å². The quantitative estimate of drug-likeness (QED) is 0.774. The van der Waals surface area contributed by atoms with Gasteiger partial charge >= 0.3 is 0 Å². The minimum atomic E-state index is -0.388.